The van der Waals surface area contributed by atoms with Crippen LogP contribution in [-0.2, 0) is 0 Å². The van der Waals surface area contributed by atoms with Gasteiger partial charge in [0.05, 0.1) is 0 Å². The Morgan fingerprint density at radius 3 is 2.59 bits per heavy atom. The fraction of sp³-hybridized carbons (Fsp3) is 1.00. The first-order chi connectivity index (χ1) is 7.96. The Morgan fingerprint density at radius 2 is 2.06 bits per heavy atom. The van der Waals surface area contributed by atoms with Gasteiger partial charge in [-0.15, -0.1) is 0 Å². The molecule has 2 aliphatic rings. The van der Waals surface area contributed by atoms with Crippen molar-refractivity contribution in [3.8, 4) is 0 Å². The number of hydrogen-bond acceptors (Lipinski definition) is 3. The second-order valence-corrected chi connectivity index (χ2v) is 8.00. The summed E-state index contributed by atoms with van der Waals surface area (Å²) in [6, 6.07) is 0. The predicted molar refractivity (Wildman–Crippen MR) is 77.4 cm³/mol. The highest BCUT2D eigenvalue weighted by Crippen LogP contribution is 2.40. The molecule has 100 valence electrons. The molecule has 0 amide bonds. The molecule has 17 heavy (non-hydrogen) atoms. The zero-order valence-corrected chi connectivity index (χ0v) is 12.4. The Kier molecular flexibility index (Phi) is 4.11. The Balaban J connectivity index is 1.89. The topological polar surface area (TPSA) is 38.0 Å². The third kappa shape index (κ3) is 3.62. The molecule has 2 fully saturated rings. The van der Waals surface area contributed by atoms with Gasteiger partial charge in [0.15, 0.2) is 0 Å². The summed E-state index contributed by atoms with van der Waals surface area (Å²) in [5.41, 5.74) is 6.68. The molecule has 1 aliphatic heterocycles. The van der Waals surface area contributed by atoms with Crippen molar-refractivity contribution in [3.63, 3.8) is 0 Å². The molecule has 2 nitrogen and oxygen atoms in total. The van der Waals surface area contributed by atoms with Crippen LogP contribution < -0.4 is 11.1 Å². The fourth-order valence-electron chi connectivity index (χ4n) is 3.07. The van der Waals surface area contributed by atoms with Crippen LogP contribution in [0.1, 0.15) is 40.0 Å². The molecule has 0 bridgehead atoms. The third-order valence-electron chi connectivity index (χ3n) is 4.30. The number of thioether (sulfide) groups is 1. The maximum absolute atomic E-state index is 6.06. The van der Waals surface area contributed by atoms with E-state index in [2.05, 4.69) is 37.8 Å². The predicted octanol–water partition coefficient (Wildman–Crippen LogP) is 2.48. The minimum absolute atomic E-state index is 0.190. The lowest BCUT2D eigenvalue weighted by Gasteiger charge is -2.45. The van der Waals surface area contributed by atoms with Gasteiger partial charge in [-0.25, -0.2) is 0 Å². The van der Waals surface area contributed by atoms with Gasteiger partial charge < -0.3 is 11.1 Å². The summed E-state index contributed by atoms with van der Waals surface area (Å²) < 4.78 is 0. The summed E-state index contributed by atoms with van der Waals surface area (Å²) in [4.78, 5) is 0. The van der Waals surface area contributed by atoms with Crippen molar-refractivity contribution >= 4 is 11.8 Å². The molecule has 0 spiro atoms. The molecule has 1 aliphatic carbocycles. The first-order valence-electron chi connectivity index (χ1n) is 6.99. The normalized spacial score (nSPS) is 34.6. The van der Waals surface area contributed by atoms with E-state index in [1.165, 1.54) is 30.8 Å². The number of nitrogens with two attached hydrogens (primary N) is 1. The summed E-state index contributed by atoms with van der Waals surface area (Å²) >= 11 is 2.07. The average Bonchev–Trinajstić information content (AvgIpc) is 3.08. The Bertz CT molecular complexity index is 263. The molecule has 3 N–H and O–H groups in total. The molecule has 0 radical (unpaired) electrons. The minimum atomic E-state index is 0.190. The van der Waals surface area contributed by atoms with Gasteiger partial charge in [0, 0.05) is 17.8 Å². The van der Waals surface area contributed by atoms with Gasteiger partial charge in [-0.3, -0.25) is 0 Å². The summed E-state index contributed by atoms with van der Waals surface area (Å²) in [5, 5.41) is 3.82. The zero-order chi connectivity index (χ0) is 12.5. The molecule has 0 aromatic carbocycles. The van der Waals surface area contributed by atoms with Crippen LogP contribution in [0, 0.1) is 17.3 Å². The molecule has 1 heterocycles. The highest BCUT2D eigenvalue weighted by atomic mass is 32.2. The van der Waals surface area contributed by atoms with E-state index in [4.69, 9.17) is 5.73 Å². The summed E-state index contributed by atoms with van der Waals surface area (Å²) in [6.45, 7) is 9.06. The largest absolute Gasteiger partial charge is 0.329 e. The average molecular weight is 256 g/mol. The fourth-order valence-corrected chi connectivity index (χ4v) is 4.54. The molecular weight excluding hydrogens is 228 g/mol. The molecule has 2 atom stereocenters. The lowest BCUT2D eigenvalue weighted by molar-refractivity contribution is 0.218. The van der Waals surface area contributed by atoms with E-state index < -0.39 is 0 Å². The van der Waals surface area contributed by atoms with Crippen molar-refractivity contribution in [2.75, 3.05) is 24.6 Å². The van der Waals surface area contributed by atoms with Crippen molar-refractivity contribution in [2.24, 2.45) is 23.0 Å². The van der Waals surface area contributed by atoms with E-state index in [-0.39, 0.29) is 5.54 Å². The Morgan fingerprint density at radius 1 is 1.35 bits per heavy atom. The zero-order valence-electron chi connectivity index (χ0n) is 11.6. The summed E-state index contributed by atoms with van der Waals surface area (Å²) in [5.74, 6) is 4.27. The first-order valence-corrected chi connectivity index (χ1v) is 8.15. The Labute approximate surface area is 110 Å². The van der Waals surface area contributed by atoms with Gasteiger partial charge in [0.25, 0.3) is 0 Å². The highest BCUT2D eigenvalue weighted by Gasteiger charge is 2.40. The van der Waals surface area contributed by atoms with E-state index in [9.17, 15) is 0 Å². The lowest BCUT2D eigenvalue weighted by atomic mass is 9.79. The van der Waals surface area contributed by atoms with E-state index in [1.54, 1.807) is 0 Å². The molecule has 2 unspecified atom stereocenters. The molecule has 2 rings (SSSR count). The van der Waals surface area contributed by atoms with Crippen LogP contribution in [0.3, 0.4) is 0 Å². The molecule has 0 aromatic rings. The summed E-state index contributed by atoms with van der Waals surface area (Å²) in [7, 11) is 0. The van der Waals surface area contributed by atoms with E-state index in [1.807, 2.05) is 0 Å². The van der Waals surface area contributed by atoms with Gasteiger partial charge in [-0.2, -0.15) is 11.8 Å². The standard InChI is InChI=1S/C14H28N2S/c1-11(12-4-5-12)6-16-14(8-15)7-13(2,3)9-17-10-14/h11-12,16H,4-10,15H2,1-3H3. The maximum Gasteiger partial charge on any atom is 0.0400 e. The van der Waals surface area contributed by atoms with E-state index >= 15 is 0 Å². The van der Waals surface area contributed by atoms with Crippen molar-refractivity contribution in [3.05, 3.63) is 0 Å². The number of nitrogens with one attached hydrogen (secondary N) is 1. The molecule has 1 saturated carbocycles. The Hall–Kier alpha value is 0.270. The maximum atomic E-state index is 6.06. The second-order valence-electron chi connectivity index (χ2n) is 7.01. The van der Waals surface area contributed by atoms with Crippen molar-refractivity contribution in [1.82, 2.24) is 5.32 Å². The third-order valence-corrected chi connectivity index (χ3v) is 6.05. The molecule has 0 aromatic heterocycles. The quantitative estimate of drug-likeness (QED) is 0.793. The number of rotatable bonds is 5. The second kappa shape index (κ2) is 5.10. The first kappa shape index (κ1) is 13.7. The molecule has 1 saturated heterocycles. The van der Waals surface area contributed by atoms with Crippen LogP contribution in [0.25, 0.3) is 0 Å². The van der Waals surface area contributed by atoms with Crippen LogP contribution in [0.4, 0.5) is 0 Å². The highest BCUT2D eigenvalue weighted by molar-refractivity contribution is 7.99. The van der Waals surface area contributed by atoms with Crippen molar-refractivity contribution in [1.29, 1.82) is 0 Å². The van der Waals surface area contributed by atoms with Gasteiger partial charge in [-0.05, 0) is 48.8 Å². The van der Waals surface area contributed by atoms with Gasteiger partial charge >= 0.3 is 0 Å². The number of hydrogen-bond donors (Lipinski definition) is 2. The molecular formula is C14H28N2S. The van der Waals surface area contributed by atoms with Gasteiger partial charge in [-0.1, -0.05) is 20.8 Å². The van der Waals surface area contributed by atoms with Gasteiger partial charge in [0.1, 0.15) is 0 Å². The molecule has 3 heteroatoms. The minimum Gasteiger partial charge on any atom is -0.329 e. The van der Waals surface area contributed by atoms with Crippen molar-refractivity contribution < 1.29 is 0 Å². The van der Waals surface area contributed by atoms with E-state index in [0.29, 0.717) is 5.41 Å². The van der Waals surface area contributed by atoms with Crippen LogP contribution >= 0.6 is 11.8 Å². The van der Waals surface area contributed by atoms with Crippen LogP contribution in [0.5, 0.6) is 0 Å². The van der Waals surface area contributed by atoms with Crippen LogP contribution in [0.2, 0.25) is 0 Å². The lowest BCUT2D eigenvalue weighted by Crippen LogP contribution is -2.59. The SMILES string of the molecule is CC(CNC1(CN)CSCC(C)(C)C1)C1CC1. The monoisotopic (exact) mass is 256 g/mol. The van der Waals surface area contributed by atoms with Crippen LogP contribution in [0.15, 0.2) is 0 Å². The van der Waals surface area contributed by atoms with Crippen LogP contribution in [-0.4, -0.2) is 30.1 Å². The van der Waals surface area contributed by atoms with Gasteiger partial charge in [0.2, 0.25) is 0 Å². The van der Waals surface area contributed by atoms with E-state index in [0.717, 1.165) is 24.9 Å². The smallest absolute Gasteiger partial charge is 0.0400 e. The summed E-state index contributed by atoms with van der Waals surface area (Å²) in [6.07, 6.45) is 4.11. The van der Waals surface area contributed by atoms with Crippen molar-refractivity contribution in [2.45, 2.75) is 45.6 Å².